The van der Waals surface area contributed by atoms with Crippen molar-refractivity contribution in [2.75, 3.05) is 13.7 Å². The number of carbonyl (C=O) groups is 1. The summed E-state index contributed by atoms with van der Waals surface area (Å²) in [6.45, 7) is 5.21. The average molecular weight is 457 g/mol. The molecule has 0 saturated carbocycles. The second-order valence-electron chi connectivity index (χ2n) is 7.65. The van der Waals surface area contributed by atoms with Crippen molar-refractivity contribution in [3.05, 3.63) is 71.6 Å². The fourth-order valence-electron chi connectivity index (χ4n) is 3.34. The minimum atomic E-state index is -1.56. The molecule has 4 aromatic rings. The lowest BCUT2D eigenvalue weighted by Gasteiger charge is -2.11. The molecule has 172 valence electrons. The second-order valence-corrected chi connectivity index (χ2v) is 7.65. The smallest absolute Gasteiger partial charge is 0.357 e. The van der Waals surface area contributed by atoms with E-state index in [1.807, 2.05) is 6.07 Å². The van der Waals surface area contributed by atoms with Crippen molar-refractivity contribution < 1.29 is 23.8 Å². The van der Waals surface area contributed by atoms with Gasteiger partial charge in [-0.2, -0.15) is 0 Å². The van der Waals surface area contributed by atoms with Crippen LogP contribution in [0.2, 0.25) is 0 Å². The van der Waals surface area contributed by atoms with Gasteiger partial charge in [-0.3, -0.25) is 0 Å². The summed E-state index contributed by atoms with van der Waals surface area (Å²) in [6.07, 6.45) is 1.53. The van der Waals surface area contributed by atoms with Crippen molar-refractivity contribution in [2.45, 2.75) is 26.4 Å². The van der Waals surface area contributed by atoms with Gasteiger partial charge < -0.3 is 19.0 Å². The number of fused-ring (bicyclic) bond motifs is 1. The van der Waals surface area contributed by atoms with E-state index >= 15 is 0 Å². The Bertz CT molecular complexity index is 1430. The van der Waals surface area contributed by atoms with Crippen LogP contribution >= 0.6 is 0 Å². The fraction of sp³-hybridized carbons (Fsp3) is 0.231. The van der Waals surface area contributed by atoms with Crippen LogP contribution in [0.1, 0.15) is 41.6 Å². The molecule has 0 aliphatic heterocycles. The second kappa shape index (κ2) is 9.33. The van der Waals surface area contributed by atoms with Gasteiger partial charge in [0.1, 0.15) is 17.0 Å². The summed E-state index contributed by atoms with van der Waals surface area (Å²) in [6, 6.07) is 12.5. The first kappa shape index (κ1) is 23.0. The molecule has 34 heavy (non-hydrogen) atoms. The molecule has 1 N–H and O–H groups in total. The van der Waals surface area contributed by atoms with E-state index in [-0.39, 0.29) is 18.2 Å². The Hall–Kier alpha value is -4.22. The number of aryl methyl sites for hydroxylation is 1. The molecule has 8 heteroatoms. The van der Waals surface area contributed by atoms with Crippen molar-refractivity contribution in [1.29, 1.82) is 0 Å². The zero-order valence-electron chi connectivity index (χ0n) is 19.2. The fourth-order valence-corrected chi connectivity index (χ4v) is 3.34. The number of rotatable bonds is 5. The summed E-state index contributed by atoms with van der Waals surface area (Å²) in [7, 11) is 1.54. The van der Waals surface area contributed by atoms with Crippen LogP contribution < -0.4 is 4.74 Å². The SMILES string of the molecule is CCOC(=O)c1nc(-c2cccc(C#C[C@](C)(O)c3ncc(C)o3)c2)nc2c(OC)cccc12. The van der Waals surface area contributed by atoms with E-state index in [2.05, 4.69) is 26.8 Å². The molecule has 0 spiro atoms. The molecule has 0 radical (unpaired) electrons. The lowest BCUT2D eigenvalue weighted by molar-refractivity contribution is 0.0522. The van der Waals surface area contributed by atoms with E-state index < -0.39 is 11.6 Å². The first-order chi connectivity index (χ1) is 16.3. The molecule has 2 aromatic heterocycles. The molecule has 2 aromatic carbocycles. The number of aromatic nitrogens is 3. The minimum absolute atomic E-state index is 0.123. The van der Waals surface area contributed by atoms with Crippen molar-refractivity contribution in [2.24, 2.45) is 0 Å². The van der Waals surface area contributed by atoms with Crippen LogP contribution in [0, 0.1) is 18.8 Å². The lowest BCUT2D eigenvalue weighted by atomic mass is 10.1. The number of hydrogen-bond acceptors (Lipinski definition) is 8. The van der Waals surface area contributed by atoms with Crippen molar-refractivity contribution in [3.8, 4) is 29.0 Å². The van der Waals surface area contributed by atoms with Gasteiger partial charge in [0, 0.05) is 16.5 Å². The van der Waals surface area contributed by atoms with Crippen molar-refractivity contribution in [3.63, 3.8) is 0 Å². The van der Waals surface area contributed by atoms with Gasteiger partial charge in [-0.25, -0.2) is 19.7 Å². The van der Waals surface area contributed by atoms with Crippen LogP contribution in [0.4, 0.5) is 0 Å². The monoisotopic (exact) mass is 457 g/mol. The largest absolute Gasteiger partial charge is 0.494 e. The van der Waals surface area contributed by atoms with Crippen LogP contribution in [0.25, 0.3) is 22.3 Å². The number of benzene rings is 2. The maximum absolute atomic E-state index is 12.6. The van der Waals surface area contributed by atoms with Crippen molar-refractivity contribution >= 4 is 16.9 Å². The highest BCUT2D eigenvalue weighted by Crippen LogP contribution is 2.29. The van der Waals surface area contributed by atoms with Crippen LogP contribution in [-0.4, -0.2) is 39.7 Å². The quantitative estimate of drug-likeness (QED) is 0.353. The van der Waals surface area contributed by atoms with Gasteiger partial charge in [0.25, 0.3) is 0 Å². The summed E-state index contributed by atoms with van der Waals surface area (Å²) < 4.78 is 16.1. The molecule has 0 bridgehead atoms. The third-order valence-electron chi connectivity index (χ3n) is 4.99. The molecule has 0 aliphatic rings. The van der Waals surface area contributed by atoms with Gasteiger partial charge in [-0.15, -0.1) is 0 Å². The zero-order valence-corrected chi connectivity index (χ0v) is 19.2. The standard InChI is InChI=1S/C26H23N3O5/c1-5-33-24(30)22-19-10-7-11-20(32-4)21(19)28-23(29-22)18-9-6-8-17(14-18)12-13-26(3,31)25-27-15-16(2)34-25/h6-11,14-15,31H,5H2,1-4H3/t26-/m0/s1. The molecule has 2 heterocycles. The van der Waals surface area contributed by atoms with Crippen LogP contribution in [0.3, 0.4) is 0 Å². The number of carbonyl (C=O) groups excluding carboxylic acids is 1. The van der Waals surface area contributed by atoms with Gasteiger partial charge in [-0.05, 0) is 39.0 Å². The van der Waals surface area contributed by atoms with Gasteiger partial charge in [0.2, 0.25) is 5.89 Å². The highest BCUT2D eigenvalue weighted by molar-refractivity contribution is 6.03. The highest BCUT2D eigenvalue weighted by Gasteiger charge is 2.26. The first-order valence-corrected chi connectivity index (χ1v) is 10.6. The minimum Gasteiger partial charge on any atom is -0.494 e. The number of nitrogens with zero attached hydrogens (tertiary/aromatic N) is 3. The van der Waals surface area contributed by atoms with Crippen molar-refractivity contribution in [1.82, 2.24) is 15.0 Å². The van der Waals surface area contributed by atoms with Crippen LogP contribution in [0.5, 0.6) is 5.75 Å². The van der Waals surface area contributed by atoms with E-state index in [9.17, 15) is 9.90 Å². The zero-order chi connectivity index (χ0) is 24.3. The number of esters is 1. The number of oxazole rings is 1. The van der Waals surface area contributed by atoms with E-state index in [4.69, 9.17) is 13.9 Å². The Kier molecular flexibility index (Phi) is 6.30. The van der Waals surface area contributed by atoms with Gasteiger partial charge >= 0.3 is 5.97 Å². The van der Waals surface area contributed by atoms with E-state index in [0.29, 0.717) is 39.4 Å². The normalized spacial score (nSPS) is 12.5. The first-order valence-electron chi connectivity index (χ1n) is 10.6. The molecule has 4 rings (SSSR count). The summed E-state index contributed by atoms with van der Waals surface area (Å²) in [5, 5.41) is 11.2. The maximum atomic E-state index is 12.6. The summed E-state index contributed by atoms with van der Waals surface area (Å²) in [5.41, 5.74) is 0.337. The topological polar surface area (TPSA) is 108 Å². The predicted octanol–water partition coefficient (Wildman–Crippen LogP) is 4.04. The summed E-state index contributed by atoms with van der Waals surface area (Å²) in [5.74, 6) is 6.74. The highest BCUT2D eigenvalue weighted by atomic mass is 16.5. The summed E-state index contributed by atoms with van der Waals surface area (Å²) in [4.78, 5) is 25.9. The lowest BCUT2D eigenvalue weighted by Crippen LogP contribution is -2.18. The number of hydrogen-bond donors (Lipinski definition) is 1. The molecular weight excluding hydrogens is 434 g/mol. The van der Waals surface area contributed by atoms with E-state index in [1.165, 1.54) is 20.2 Å². The molecule has 0 aliphatic carbocycles. The molecule has 0 saturated heterocycles. The van der Waals surface area contributed by atoms with Gasteiger partial charge in [-0.1, -0.05) is 36.1 Å². The van der Waals surface area contributed by atoms with E-state index in [1.54, 1.807) is 50.2 Å². The molecule has 0 amide bonds. The number of para-hydroxylation sites is 1. The predicted molar refractivity (Wildman–Crippen MR) is 125 cm³/mol. The number of methoxy groups -OCH3 is 1. The average Bonchev–Trinajstić information content (AvgIpc) is 3.29. The van der Waals surface area contributed by atoms with Gasteiger partial charge in [0.15, 0.2) is 17.1 Å². The van der Waals surface area contributed by atoms with Crippen LogP contribution in [-0.2, 0) is 10.3 Å². The Labute approximate surface area is 196 Å². The summed E-state index contributed by atoms with van der Waals surface area (Å²) >= 11 is 0. The molecular formula is C26H23N3O5. The Morgan fingerprint density at radius 2 is 2.00 bits per heavy atom. The van der Waals surface area contributed by atoms with Crippen LogP contribution in [0.15, 0.2) is 53.1 Å². The molecule has 8 nitrogen and oxygen atoms in total. The van der Waals surface area contributed by atoms with E-state index in [0.717, 1.165) is 0 Å². The van der Waals surface area contributed by atoms with Gasteiger partial charge in [0.05, 0.1) is 19.9 Å². The molecule has 0 unspecified atom stereocenters. The number of ether oxygens (including phenoxy) is 2. The molecule has 0 fully saturated rings. The Balaban J connectivity index is 1.79. The molecule has 1 atom stereocenters. The Morgan fingerprint density at radius 3 is 2.71 bits per heavy atom. The third-order valence-corrected chi connectivity index (χ3v) is 4.99. The number of aliphatic hydroxyl groups is 1. The Morgan fingerprint density at radius 1 is 1.21 bits per heavy atom. The third kappa shape index (κ3) is 4.60. The maximum Gasteiger partial charge on any atom is 0.357 e.